The molecule has 17 heavy (non-hydrogen) atoms. The molecule has 2 N–H and O–H groups in total. The molecule has 1 heterocycles. The SMILES string of the molecule is O=C(O)Cn1c(C2CC2)nc2cccc(O)c21. The minimum Gasteiger partial charge on any atom is -0.506 e. The number of carboxylic acid groups (broad SMARTS) is 1. The van der Waals surface area contributed by atoms with Crippen LogP contribution in [0.3, 0.4) is 0 Å². The van der Waals surface area contributed by atoms with E-state index in [0.717, 1.165) is 18.7 Å². The summed E-state index contributed by atoms with van der Waals surface area (Å²) in [6.07, 6.45) is 2.09. The molecule has 0 spiro atoms. The highest BCUT2D eigenvalue weighted by Crippen LogP contribution is 2.41. The van der Waals surface area contributed by atoms with E-state index in [-0.39, 0.29) is 12.3 Å². The van der Waals surface area contributed by atoms with Gasteiger partial charge in [-0.1, -0.05) is 6.07 Å². The smallest absolute Gasteiger partial charge is 0.323 e. The van der Waals surface area contributed by atoms with E-state index in [0.29, 0.717) is 17.0 Å². The zero-order chi connectivity index (χ0) is 12.0. The van der Waals surface area contributed by atoms with Crippen molar-refractivity contribution in [2.24, 2.45) is 0 Å². The summed E-state index contributed by atoms with van der Waals surface area (Å²) in [5, 5.41) is 18.8. The molecule has 5 heteroatoms. The molecule has 0 radical (unpaired) electrons. The predicted molar refractivity (Wildman–Crippen MR) is 61.0 cm³/mol. The number of nitrogens with zero attached hydrogens (tertiary/aromatic N) is 2. The number of carbonyl (C=O) groups is 1. The van der Waals surface area contributed by atoms with Gasteiger partial charge in [0.05, 0.1) is 5.52 Å². The average molecular weight is 232 g/mol. The van der Waals surface area contributed by atoms with Gasteiger partial charge in [-0.2, -0.15) is 0 Å². The summed E-state index contributed by atoms with van der Waals surface area (Å²) >= 11 is 0. The fraction of sp³-hybridized carbons (Fsp3) is 0.333. The van der Waals surface area contributed by atoms with Gasteiger partial charge in [-0.25, -0.2) is 4.98 Å². The molecule has 0 unspecified atom stereocenters. The van der Waals surface area contributed by atoms with Crippen LogP contribution in [0.15, 0.2) is 18.2 Å². The fourth-order valence-electron chi connectivity index (χ4n) is 2.13. The van der Waals surface area contributed by atoms with Crippen molar-refractivity contribution in [3.63, 3.8) is 0 Å². The molecule has 1 fully saturated rings. The van der Waals surface area contributed by atoms with Crippen LogP contribution < -0.4 is 0 Å². The van der Waals surface area contributed by atoms with Gasteiger partial charge < -0.3 is 14.8 Å². The van der Waals surface area contributed by atoms with Crippen LogP contribution in [0.25, 0.3) is 11.0 Å². The number of aromatic nitrogens is 2. The van der Waals surface area contributed by atoms with Crippen LogP contribution in [-0.2, 0) is 11.3 Å². The van der Waals surface area contributed by atoms with Gasteiger partial charge >= 0.3 is 5.97 Å². The maximum atomic E-state index is 10.9. The standard InChI is InChI=1S/C12H12N2O3/c15-9-3-1-2-8-11(9)14(6-10(16)17)12(13-8)7-4-5-7/h1-3,7,15H,4-6H2,(H,16,17). The summed E-state index contributed by atoms with van der Waals surface area (Å²) in [5.74, 6) is 0.294. The Hall–Kier alpha value is -2.04. The number of phenolic OH excluding ortho intramolecular Hbond substituents is 1. The first-order valence-corrected chi connectivity index (χ1v) is 5.56. The Morgan fingerprint density at radius 3 is 2.88 bits per heavy atom. The highest BCUT2D eigenvalue weighted by molar-refractivity contribution is 5.84. The van der Waals surface area contributed by atoms with Crippen LogP contribution in [0, 0.1) is 0 Å². The number of hydrogen-bond donors (Lipinski definition) is 2. The first kappa shape index (κ1) is 10.1. The summed E-state index contributed by atoms with van der Waals surface area (Å²) in [6.45, 7) is -0.153. The molecule has 0 aliphatic heterocycles. The van der Waals surface area contributed by atoms with Crippen molar-refractivity contribution in [1.29, 1.82) is 0 Å². The number of para-hydroxylation sites is 1. The van der Waals surface area contributed by atoms with E-state index in [1.807, 2.05) is 0 Å². The lowest BCUT2D eigenvalue weighted by Gasteiger charge is -2.05. The second-order valence-electron chi connectivity index (χ2n) is 4.37. The van der Waals surface area contributed by atoms with Crippen LogP contribution in [0.5, 0.6) is 5.75 Å². The number of rotatable bonds is 3. The van der Waals surface area contributed by atoms with Gasteiger partial charge in [0.15, 0.2) is 0 Å². The fourth-order valence-corrected chi connectivity index (χ4v) is 2.13. The second-order valence-corrected chi connectivity index (χ2v) is 4.37. The molecule has 5 nitrogen and oxygen atoms in total. The highest BCUT2D eigenvalue weighted by Gasteiger charge is 2.30. The Bertz CT molecular complexity index is 599. The minimum absolute atomic E-state index is 0.0863. The second kappa shape index (κ2) is 3.48. The Balaban J connectivity index is 2.24. The summed E-state index contributed by atoms with van der Waals surface area (Å²) in [5.41, 5.74) is 1.19. The van der Waals surface area contributed by atoms with Crippen LogP contribution in [0.2, 0.25) is 0 Å². The first-order chi connectivity index (χ1) is 8.16. The van der Waals surface area contributed by atoms with Crippen LogP contribution >= 0.6 is 0 Å². The van der Waals surface area contributed by atoms with Gasteiger partial charge in [0.25, 0.3) is 0 Å². The third-order valence-electron chi connectivity index (χ3n) is 3.01. The van der Waals surface area contributed by atoms with Gasteiger partial charge in [-0.3, -0.25) is 4.79 Å². The molecule has 1 aromatic heterocycles. The third-order valence-corrected chi connectivity index (χ3v) is 3.01. The quantitative estimate of drug-likeness (QED) is 0.844. The number of aromatic hydroxyl groups is 1. The van der Waals surface area contributed by atoms with E-state index < -0.39 is 5.97 Å². The Labute approximate surface area is 97.3 Å². The van der Waals surface area contributed by atoms with E-state index in [9.17, 15) is 9.90 Å². The van der Waals surface area contributed by atoms with Crippen molar-refractivity contribution in [3.05, 3.63) is 24.0 Å². The number of imidazole rings is 1. The van der Waals surface area contributed by atoms with E-state index in [2.05, 4.69) is 4.98 Å². The number of carboxylic acids is 1. The van der Waals surface area contributed by atoms with Crippen molar-refractivity contribution in [2.75, 3.05) is 0 Å². The Morgan fingerprint density at radius 2 is 2.24 bits per heavy atom. The molecule has 1 aliphatic carbocycles. The summed E-state index contributed by atoms with van der Waals surface area (Å²) in [6, 6.07) is 5.06. The molecule has 1 saturated carbocycles. The Morgan fingerprint density at radius 1 is 1.47 bits per heavy atom. The lowest BCUT2D eigenvalue weighted by Crippen LogP contribution is -2.11. The van der Waals surface area contributed by atoms with Gasteiger partial charge in [0, 0.05) is 5.92 Å². The van der Waals surface area contributed by atoms with E-state index in [1.165, 1.54) is 0 Å². The van der Waals surface area contributed by atoms with Crippen molar-refractivity contribution in [1.82, 2.24) is 9.55 Å². The molecule has 1 aliphatic rings. The zero-order valence-corrected chi connectivity index (χ0v) is 9.13. The zero-order valence-electron chi connectivity index (χ0n) is 9.13. The molecule has 0 atom stereocenters. The number of hydrogen-bond acceptors (Lipinski definition) is 3. The normalized spacial score (nSPS) is 15.3. The molecule has 0 bridgehead atoms. The molecule has 0 saturated heterocycles. The molecule has 3 rings (SSSR count). The summed E-state index contributed by atoms with van der Waals surface area (Å²) in [7, 11) is 0. The number of phenols is 1. The van der Waals surface area contributed by atoms with Crippen LogP contribution in [0.1, 0.15) is 24.6 Å². The molecular formula is C12H12N2O3. The summed E-state index contributed by atoms with van der Waals surface area (Å²) in [4.78, 5) is 15.3. The minimum atomic E-state index is -0.922. The maximum Gasteiger partial charge on any atom is 0.323 e. The largest absolute Gasteiger partial charge is 0.506 e. The van der Waals surface area contributed by atoms with Gasteiger partial charge in [-0.15, -0.1) is 0 Å². The Kier molecular flexibility index (Phi) is 2.07. The third kappa shape index (κ3) is 1.63. The monoisotopic (exact) mass is 232 g/mol. The molecule has 2 aromatic rings. The van der Waals surface area contributed by atoms with Crippen molar-refractivity contribution in [2.45, 2.75) is 25.3 Å². The van der Waals surface area contributed by atoms with Gasteiger partial charge in [-0.05, 0) is 25.0 Å². The van der Waals surface area contributed by atoms with Crippen LogP contribution in [0.4, 0.5) is 0 Å². The molecule has 0 amide bonds. The van der Waals surface area contributed by atoms with E-state index >= 15 is 0 Å². The van der Waals surface area contributed by atoms with Crippen molar-refractivity contribution in [3.8, 4) is 5.75 Å². The van der Waals surface area contributed by atoms with E-state index in [1.54, 1.807) is 22.8 Å². The van der Waals surface area contributed by atoms with E-state index in [4.69, 9.17) is 5.11 Å². The summed E-state index contributed by atoms with van der Waals surface area (Å²) < 4.78 is 1.62. The topological polar surface area (TPSA) is 75.3 Å². The average Bonchev–Trinajstić information content (AvgIpc) is 3.03. The highest BCUT2D eigenvalue weighted by atomic mass is 16.4. The predicted octanol–water partition coefficient (Wildman–Crippen LogP) is 1.70. The first-order valence-electron chi connectivity index (χ1n) is 5.56. The lowest BCUT2D eigenvalue weighted by atomic mass is 10.3. The van der Waals surface area contributed by atoms with Crippen molar-refractivity contribution >= 4 is 17.0 Å². The molecular weight excluding hydrogens is 220 g/mol. The van der Waals surface area contributed by atoms with Gasteiger partial charge in [0.1, 0.15) is 23.6 Å². The van der Waals surface area contributed by atoms with Crippen molar-refractivity contribution < 1.29 is 15.0 Å². The van der Waals surface area contributed by atoms with Gasteiger partial charge in [0.2, 0.25) is 0 Å². The molecule has 88 valence electrons. The molecule has 1 aromatic carbocycles. The number of aliphatic carboxylic acids is 1. The lowest BCUT2D eigenvalue weighted by molar-refractivity contribution is -0.137. The number of benzene rings is 1. The van der Waals surface area contributed by atoms with Crippen LogP contribution in [-0.4, -0.2) is 25.7 Å². The number of fused-ring (bicyclic) bond motifs is 1. The maximum absolute atomic E-state index is 10.9.